The molecule has 1 atom stereocenters. The van der Waals surface area contributed by atoms with Gasteiger partial charge in [-0.3, -0.25) is 0 Å². The first-order valence-corrected chi connectivity index (χ1v) is 6.23. The molecule has 1 unspecified atom stereocenters. The minimum Gasteiger partial charge on any atom is -0.490 e. The van der Waals surface area contributed by atoms with Gasteiger partial charge in [0.1, 0.15) is 18.5 Å². The molecule has 0 radical (unpaired) electrons. The van der Waals surface area contributed by atoms with Gasteiger partial charge in [-0.2, -0.15) is 0 Å². The fourth-order valence-electron chi connectivity index (χ4n) is 1.57. The molecule has 0 bridgehead atoms. The molecule has 0 aliphatic carbocycles. The van der Waals surface area contributed by atoms with Crippen molar-refractivity contribution in [1.29, 1.82) is 0 Å². The third kappa shape index (κ3) is 3.39. The second-order valence-corrected chi connectivity index (χ2v) is 4.65. The number of rotatable bonds is 4. The van der Waals surface area contributed by atoms with Gasteiger partial charge in [0.05, 0.1) is 0 Å². The van der Waals surface area contributed by atoms with Crippen LogP contribution in [0.1, 0.15) is 11.7 Å². The van der Waals surface area contributed by atoms with Gasteiger partial charge in [0.15, 0.2) is 0 Å². The Morgan fingerprint density at radius 2 is 1.83 bits per heavy atom. The van der Waals surface area contributed by atoms with Crippen LogP contribution in [0.15, 0.2) is 48.5 Å². The molecule has 1 N–H and O–H groups in total. The fourth-order valence-corrected chi connectivity index (χ4v) is 2.01. The van der Waals surface area contributed by atoms with E-state index in [4.69, 9.17) is 27.9 Å². The average Bonchev–Trinajstić information content (AvgIpc) is 2.37. The highest BCUT2D eigenvalue weighted by molar-refractivity contribution is 6.31. The predicted octanol–water partition coefficient (Wildman–Crippen LogP) is 4.11. The summed E-state index contributed by atoms with van der Waals surface area (Å²) in [6.07, 6.45) is -0.766. The van der Waals surface area contributed by atoms with Crippen molar-refractivity contribution < 1.29 is 9.84 Å². The smallest absolute Gasteiger partial charge is 0.120 e. The van der Waals surface area contributed by atoms with Crippen LogP contribution in [0.25, 0.3) is 0 Å². The van der Waals surface area contributed by atoms with Crippen molar-refractivity contribution in [2.45, 2.75) is 6.10 Å². The zero-order valence-electron chi connectivity index (χ0n) is 9.51. The van der Waals surface area contributed by atoms with Crippen molar-refractivity contribution in [3.63, 3.8) is 0 Å². The van der Waals surface area contributed by atoms with Crippen LogP contribution in [0.5, 0.6) is 5.75 Å². The normalized spacial score (nSPS) is 12.2. The summed E-state index contributed by atoms with van der Waals surface area (Å²) in [5.41, 5.74) is 0.654. The summed E-state index contributed by atoms with van der Waals surface area (Å²) in [4.78, 5) is 0. The fraction of sp³-hybridized carbons (Fsp3) is 0.143. The molecule has 0 aromatic heterocycles. The monoisotopic (exact) mass is 282 g/mol. The molecule has 4 heteroatoms. The van der Waals surface area contributed by atoms with Crippen LogP contribution >= 0.6 is 23.2 Å². The van der Waals surface area contributed by atoms with E-state index >= 15 is 0 Å². The van der Waals surface area contributed by atoms with Gasteiger partial charge in [0, 0.05) is 15.6 Å². The van der Waals surface area contributed by atoms with Crippen molar-refractivity contribution in [1.82, 2.24) is 0 Å². The van der Waals surface area contributed by atoms with E-state index in [0.29, 0.717) is 21.4 Å². The number of hydrogen-bond donors (Lipinski definition) is 1. The Morgan fingerprint density at radius 1 is 1.06 bits per heavy atom. The van der Waals surface area contributed by atoms with Crippen molar-refractivity contribution in [3.8, 4) is 5.75 Å². The van der Waals surface area contributed by atoms with Gasteiger partial charge in [0.2, 0.25) is 0 Å². The minimum absolute atomic E-state index is 0.129. The van der Waals surface area contributed by atoms with E-state index in [0.717, 1.165) is 0 Å². The lowest BCUT2D eigenvalue weighted by molar-refractivity contribution is 0.108. The maximum absolute atomic E-state index is 9.99. The maximum Gasteiger partial charge on any atom is 0.120 e. The molecule has 2 nitrogen and oxygen atoms in total. The molecule has 2 aromatic carbocycles. The van der Waals surface area contributed by atoms with Gasteiger partial charge >= 0.3 is 0 Å². The van der Waals surface area contributed by atoms with Gasteiger partial charge in [-0.15, -0.1) is 0 Å². The van der Waals surface area contributed by atoms with Crippen molar-refractivity contribution in [2.75, 3.05) is 6.61 Å². The van der Waals surface area contributed by atoms with Gasteiger partial charge in [0.25, 0.3) is 0 Å². The molecule has 0 fully saturated rings. The lowest BCUT2D eigenvalue weighted by atomic mass is 10.1. The van der Waals surface area contributed by atoms with Crippen molar-refractivity contribution in [2.24, 2.45) is 0 Å². The number of ether oxygens (including phenoxy) is 1. The highest BCUT2D eigenvalue weighted by Crippen LogP contribution is 2.24. The van der Waals surface area contributed by atoms with Crippen LogP contribution in [0, 0.1) is 0 Å². The summed E-state index contributed by atoms with van der Waals surface area (Å²) in [6, 6.07) is 14.2. The molecule has 0 spiro atoms. The second kappa shape index (κ2) is 6.10. The molecule has 0 saturated carbocycles. The first-order chi connectivity index (χ1) is 8.66. The largest absolute Gasteiger partial charge is 0.490 e. The van der Waals surface area contributed by atoms with E-state index in [1.54, 1.807) is 36.4 Å². The Morgan fingerprint density at radius 3 is 2.56 bits per heavy atom. The molecule has 2 aromatic rings. The van der Waals surface area contributed by atoms with Gasteiger partial charge < -0.3 is 9.84 Å². The number of aliphatic hydroxyl groups excluding tert-OH is 1. The molecular formula is C14H12Cl2O2. The standard InChI is InChI=1S/C14H12Cl2O2/c15-10-4-3-5-11(8-10)18-9-14(17)12-6-1-2-7-13(12)16/h1-8,14,17H,9H2. The summed E-state index contributed by atoms with van der Waals surface area (Å²) in [5.74, 6) is 0.619. The van der Waals surface area contributed by atoms with Crippen LogP contribution in [0.4, 0.5) is 0 Å². The van der Waals surface area contributed by atoms with Gasteiger partial charge in [-0.05, 0) is 24.3 Å². The number of halogens is 2. The molecule has 2 rings (SSSR count). The summed E-state index contributed by atoms with van der Waals surface area (Å²) >= 11 is 11.8. The number of aliphatic hydroxyl groups is 1. The highest BCUT2D eigenvalue weighted by atomic mass is 35.5. The van der Waals surface area contributed by atoms with Gasteiger partial charge in [-0.25, -0.2) is 0 Å². The lowest BCUT2D eigenvalue weighted by Crippen LogP contribution is -2.10. The van der Waals surface area contributed by atoms with Crippen LogP contribution in [-0.4, -0.2) is 11.7 Å². The van der Waals surface area contributed by atoms with Crippen molar-refractivity contribution >= 4 is 23.2 Å². The quantitative estimate of drug-likeness (QED) is 0.915. The van der Waals surface area contributed by atoms with E-state index in [9.17, 15) is 5.11 Å². The van der Waals surface area contributed by atoms with Crippen molar-refractivity contribution in [3.05, 3.63) is 64.1 Å². The average molecular weight is 283 g/mol. The number of hydrogen-bond acceptors (Lipinski definition) is 2. The van der Waals surface area contributed by atoms with E-state index in [1.165, 1.54) is 0 Å². The predicted molar refractivity (Wildman–Crippen MR) is 73.4 cm³/mol. The zero-order valence-corrected chi connectivity index (χ0v) is 11.0. The zero-order chi connectivity index (χ0) is 13.0. The third-order valence-corrected chi connectivity index (χ3v) is 3.05. The Hall–Kier alpha value is -1.22. The Labute approximate surface area is 116 Å². The highest BCUT2D eigenvalue weighted by Gasteiger charge is 2.11. The summed E-state index contributed by atoms with van der Waals surface area (Å²) in [7, 11) is 0. The summed E-state index contributed by atoms with van der Waals surface area (Å²) in [6.45, 7) is 0.129. The van der Waals surface area contributed by atoms with Crippen LogP contribution in [0.3, 0.4) is 0 Å². The molecule has 0 aliphatic rings. The minimum atomic E-state index is -0.766. The van der Waals surface area contributed by atoms with Gasteiger partial charge in [-0.1, -0.05) is 47.5 Å². The topological polar surface area (TPSA) is 29.5 Å². The molecular weight excluding hydrogens is 271 g/mol. The third-order valence-electron chi connectivity index (χ3n) is 2.47. The van der Waals surface area contributed by atoms with E-state index < -0.39 is 6.10 Å². The molecule has 94 valence electrons. The number of benzene rings is 2. The van der Waals surface area contributed by atoms with Crippen LogP contribution in [0.2, 0.25) is 10.0 Å². The first-order valence-electron chi connectivity index (χ1n) is 5.47. The maximum atomic E-state index is 9.99. The molecule has 0 heterocycles. The summed E-state index contributed by atoms with van der Waals surface area (Å²) < 4.78 is 5.46. The Balaban J connectivity index is 2.00. The molecule has 0 amide bonds. The SMILES string of the molecule is OC(COc1cccc(Cl)c1)c1ccccc1Cl. The van der Waals surface area contributed by atoms with Crippen LogP contribution < -0.4 is 4.74 Å². The molecule has 0 aliphatic heterocycles. The second-order valence-electron chi connectivity index (χ2n) is 3.81. The Kier molecular flexibility index (Phi) is 4.48. The van der Waals surface area contributed by atoms with E-state index in [2.05, 4.69) is 0 Å². The molecule has 0 saturated heterocycles. The molecule has 18 heavy (non-hydrogen) atoms. The Bertz CT molecular complexity index is 529. The van der Waals surface area contributed by atoms with E-state index in [-0.39, 0.29) is 6.61 Å². The summed E-state index contributed by atoms with van der Waals surface area (Å²) in [5, 5.41) is 11.1. The van der Waals surface area contributed by atoms with E-state index in [1.807, 2.05) is 12.1 Å². The first kappa shape index (κ1) is 13.2. The van der Waals surface area contributed by atoms with Crippen LogP contribution in [-0.2, 0) is 0 Å². The lowest BCUT2D eigenvalue weighted by Gasteiger charge is -2.14.